The van der Waals surface area contributed by atoms with Crippen LogP contribution >= 0.6 is 21.6 Å². The van der Waals surface area contributed by atoms with E-state index in [1.54, 1.807) is 21.6 Å². The molecule has 0 bridgehead atoms. The van der Waals surface area contributed by atoms with Crippen LogP contribution in [-0.4, -0.2) is 0 Å². The number of hydrogen-bond donors (Lipinski definition) is 0. The SMILES string of the molecule is Fc1ccc(CSSc2ccccc2)cc1. The average molecular weight is 250 g/mol. The average Bonchev–Trinajstić information content (AvgIpc) is 2.33. The van der Waals surface area contributed by atoms with Gasteiger partial charge in [-0.3, -0.25) is 0 Å². The van der Waals surface area contributed by atoms with Crippen LogP contribution in [0.25, 0.3) is 0 Å². The Morgan fingerprint density at radius 2 is 1.56 bits per heavy atom. The van der Waals surface area contributed by atoms with Crippen molar-refractivity contribution < 1.29 is 4.39 Å². The van der Waals surface area contributed by atoms with E-state index in [1.165, 1.54) is 17.0 Å². The third kappa shape index (κ3) is 3.58. The summed E-state index contributed by atoms with van der Waals surface area (Å²) >= 11 is 0. The fourth-order valence-electron chi connectivity index (χ4n) is 1.22. The van der Waals surface area contributed by atoms with Gasteiger partial charge in [0.25, 0.3) is 0 Å². The molecule has 16 heavy (non-hydrogen) atoms. The van der Waals surface area contributed by atoms with E-state index < -0.39 is 0 Å². The van der Waals surface area contributed by atoms with Crippen LogP contribution in [0.3, 0.4) is 0 Å². The van der Waals surface area contributed by atoms with Crippen LogP contribution in [0.4, 0.5) is 4.39 Å². The van der Waals surface area contributed by atoms with Crippen molar-refractivity contribution in [3.05, 3.63) is 66.0 Å². The van der Waals surface area contributed by atoms with Crippen molar-refractivity contribution in [1.82, 2.24) is 0 Å². The Bertz CT molecular complexity index is 425. The van der Waals surface area contributed by atoms with Crippen LogP contribution in [0.5, 0.6) is 0 Å². The number of benzene rings is 2. The maximum atomic E-state index is 12.7. The van der Waals surface area contributed by atoms with E-state index in [0.29, 0.717) is 0 Å². The lowest BCUT2D eigenvalue weighted by molar-refractivity contribution is 0.627. The van der Waals surface area contributed by atoms with Gasteiger partial charge in [0.15, 0.2) is 0 Å². The van der Waals surface area contributed by atoms with E-state index in [-0.39, 0.29) is 5.82 Å². The minimum Gasteiger partial charge on any atom is -0.207 e. The van der Waals surface area contributed by atoms with Crippen molar-refractivity contribution in [3.8, 4) is 0 Å². The monoisotopic (exact) mass is 250 g/mol. The molecule has 2 rings (SSSR count). The molecule has 0 amide bonds. The molecule has 0 unspecified atom stereocenters. The first-order chi connectivity index (χ1) is 7.84. The van der Waals surface area contributed by atoms with Crippen LogP contribution in [0.15, 0.2) is 59.5 Å². The molecule has 0 aliphatic carbocycles. The summed E-state index contributed by atoms with van der Waals surface area (Å²) in [5.74, 6) is 0.712. The molecule has 82 valence electrons. The third-order valence-electron chi connectivity index (χ3n) is 2.04. The highest BCUT2D eigenvalue weighted by Crippen LogP contribution is 2.33. The molecular weight excluding hydrogens is 239 g/mol. The van der Waals surface area contributed by atoms with Gasteiger partial charge in [0.05, 0.1) is 0 Å². The molecule has 0 aliphatic heterocycles. The van der Waals surface area contributed by atoms with Gasteiger partial charge < -0.3 is 0 Å². The molecule has 2 aromatic rings. The molecule has 0 saturated heterocycles. The minimum atomic E-state index is -0.176. The van der Waals surface area contributed by atoms with Crippen molar-refractivity contribution >= 4 is 21.6 Å². The molecule has 0 N–H and O–H groups in total. The highest BCUT2D eigenvalue weighted by molar-refractivity contribution is 8.76. The predicted octanol–water partition coefficient (Wildman–Crippen LogP) is 4.77. The quantitative estimate of drug-likeness (QED) is 0.717. The summed E-state index contributed by atoms with van der Waals surface area (Å²) in [6, 6.07) is 16.9. The fraction of sp³-hybridized carbons (Fsp3) is 0.0769. The van der Waals surface area contributed by atoms with Crippen molar-refractivity contribution in [2.75, 3.05) is 0 Å². The van der Waals surface area contributed by atoms with Crippen molar-refractivity contribution in [1.29, 1.82) is 0 Å². The molecule has 3 heteroatoms. The van der Waals surface area contributed by atoms with Crippen molar-refractivity contribution in [2.24, 2.45) is 0 Å². The zero-order valence-electron chi connectivity index (χ0n) is 8.60. The molecule has 0 saturated carbocycles. The Hall–Kier alpha value is -0.930. The standard InChI is InChI=1S/C13H11FS2/c14-12-8-6-11(7-9-12)10-15-16-13-4-2-1-3-5-13/h1-9H,10H2. The summed E-state index contributed by atoms with van der Waals surface area (Å²) in [4.78, 5) is 1.25. The van der Waals surface area contributed by atoms with Crippen LogP contribution in [0.1, 0.15) is 5.56 Å². The van der Waals surface area contributed by atoms with Gasteiger partial charge in [-0.2, -0.15) is 0 Å². The second kappa shape index (κ2) is 5.97. The molecule has 0 nitrogen and oxygen atoms in total. The van der Waals surface area contributed by atoms with E-state index in [2.05, 4.69) is 12.1 Å². The second-order valence-electron chi connectivity index (χ2n) is 3.29. The van der Waals surface area contributed by atoms with Gasteiger partial charge in [-0.1, -0.05) is 51.9 Å². The minimum absolute atomic E-state index is 0.176. The number of hydrogen-bond acceptors (Lipinski definition) is 2. The zero-order chi connectivity index (χ0) is 11.2. The second-order valence-corrected chi connectivity index (χ2v) is 5.65. The Labute approximate surface area is 103 Å². The van der Waals surface area contributed by atoms with Crippen LogP contribution in [0, 0.1) is 5.82 Å². The molecule has 0 fully saturated rings. The van der Waals surface area contributed by atoms with Crippen LogP contribution in [-0.2, 0) is 5.75 Å². The van der Waals surface area contributed by atoms with E-state index in [9.17, 15) is 4.39 Å². The smallest absolute Gasteiger partial charge is 0.123 e. The fourth-order valence-corrected chi connectivity index (χ4v) is 3.34. The maximum Gasteiger partial charge on any atom is 0.123 e. The first-order valence-corrected chi connectivity index (χ1v) is 7.25. The lowest BCUT2D eigenvalue weighted by Crippen LogP contribution is -1.79. The highest BCUT2D eigenvalue weighted by atomic mass is 33.1. The molecule has 2 aromatic carbocycles. The molecule has 0 aliphatic rings. The molecule has 0 radical (unpaired) electrons. The number of halogens is 1. The molecule has 0 atom stereocenters. The van der Waals surface area contributed by atoms with Crippen LogP contribution < -0.4 is 0 Å². The Balaban J connectivity index is 1.82. The van der Waals surface area contributed by atoms with E-state index in [4.69, 9.17) is 0 Å². The normalized spacial score (nSPS) is 10.3. The van der Waals surface area contributed by atoms with Gasteiger partial charge in [0.2, 0.25) is 0 Å². The van der Waals surface area contributed by atoms with Gasteiger partial charge in [-0.05, 0) is 29.8 Å². The van der Waals surface area contributed by atoms with Gasteiger partial charge in [0, 0.05) is 10.6 Å². The topological polar surface area (TPSA) is 0 Å². The number of rotatable bonds is 4. The Morgan fingerprint density at radius 3 is 2.25 bits per heavy atom. The summed E-state index contributed by atoms with van der Waals surface area (Å²) in [6.07, 6.45) is 0. The maximum absolute atomic E-state index is 12.7. The zero-order valence-corrected chi connectivity index (χ0v) is 10.2. The first-order valence-electron chi connectivity index (χ1n) is 4.93. The van der Waals surface area contributed by atoms with E-state index in [1.807, 2.05) is 30.3 Å². The molecule has 0 heterocycles. The summed E-state index contributed by atoms with van der Waals surface area (Å²) in [6.45, 7) is 0. The molecule has 0 spiro atoms. The van der Waals surface area contributed by atoms with Crippen LogP contribution in [0.2, 0.25) is 0 Å². The summed E-state index contributed by atoms with van der Waals surface area (Å²) in [5.41, 5.74) is 1.15. The molecule has 0 aromatic heterocycles. The van der Waals surface area contributed by atoms with Gasteiger partial charge >= 0.3 is 0 Å². The Morgan fingerprint density at radius 1 is 0.875 bits per heavy atom. The summed E-state index contributed by atoms with van der Waals surface area (Å²) in [7, 11) is 3.50. The largest absolute Gasteiger partial charge is 0.207 e. The first kappa shape index (κ1) is 11.6. The Kier molecular flexibility index (Phi) is 4.31. The lowest BCUT2D eigenvalue weighted by Gasteiger charge is -2.01. The van der Waals surface area contributed by atoms with E-state index in [0.717, 1.165) is 11.3 Å². The van der Waals surface area contributed by atoms with Gasteiger partial charge in [-0.15, -0.1) is 0 Å². The lowest BCUT2D eigenvalue weighted by atomic mass is 10.2. The van der Waals surface area contributed by atoms with Gasteiger partial charge in [0.1, 0.15) is 5.82 Å². The third-order valence-corrected chi connectivity index (χ3v) is 4.36. The summed E-state index contributed by atoms with van der Waals surface area (Å²) in [5, 5.41) is 0. The highest BCUT2D eigenvalue weighted by Gasteiger charge is 1.96. The van der Waals surface area contributed by atoms with E-state index >= 15 is 0 Å². The summed E-state index contributed by atoms with van der Waals surface area (Å²) < 4.78 is 12.7. The molecular formula is C13H11FS2. The predicted molar refractivity (Wildman–Crippen MR) is 70.0 cm³/mol. The van der Waals surface area contributed by atoms with Crippen molar-refractivity contribution in [2.45, 2.75) is 10.6 Å². The van der Waals surface area contributed by atoms with Gasteiger partial charge in [-0.25, -0.2) is 4.39 Å². The van der Waals surface area contributed by atoms with Crippen molar-refractivity contribution in [3.63, 3.8) is 0 Å².